The second kappa shape index (κ2) is 9.52. The first kappa shape index (κ1) is 22.8. The summed E-state index contributed by atoms with van der Waals surface area (Å²) in [6.45, 7) is 4.89. The van der Waals surface area contributed by atoms with Gasteiger partial charge in [0.1, 0.15) is 24.7 Å². The number of rotatable bonds is 8. The van der Waals surface area contributed by atoms with Crippen molar-refractivity contribution in [3.05, 3.63) is 35.5 Å². The highest BCUT2D eigenvalue weighted by Crippen LogP contribution is 2.34. The molecule has 2 atom stereocenters. The molecule has 2 heterocycles. The Kier molecular flexibility index (Phi) is 7.01. The van der Waals surface area contributed by atoms with Crippen LogP contribution in [-0.2, 0) is 13.0 Å². The minimum atomic E-state index is -1.48. The standard InChI is InChI=1S/C22H29FN6O2/c1-21(2,23)13-31-19-17(10-25-14-28-19)12-27-20-26-11-16(9-24)18(29-20)7-15-5-4-6-22(3,30)8-15/h10-11,14-15,30H,4-8,12-13H2,1-3H3,(H,26,27,29)/t15-,22?/m0/s1. The molecule has 0 amide bonds. The van der Waals surface area contributed by atoms with Crippen LogP contribution in [0.4, 0.5) is 10.3 Å². The third-order valence-electron chi connectivity index (χ3n) is 5.26. The van der Waals surface area contributed by atoms with Gasteiger partial charge in [-0.05, 0) is 52.4 Å². The molecule has 2 N–H and O–H groups in total. The molecular weight excluding hydrogens is 399 g/mol. The molecule has 8 nitrogen and oxygen atoms in total. The van der Waals surface area contributed by atoms with Gasteiger partial charge in [-0.2, -0.15) is 5.26 Å². The molecule has 1 fully saturated rings. The summed E-state index contributed by atoms with van der Waals surface area (Å²) < 4.78 is 19.3. The van der Waals surface area contributed by atoms with Gasteiger partial charge in [-0.15, -0.1) is 0 Å². The van der Waals surface area contributed by atoms with Crippen LogP contribution >= 0.6 is 0 Å². The normalized spacial score (nSPS) is 21.4. The maximum atomic E-state index is 13.8. The van der Waals surface area contributed by atoms with Crippen molar-refractivity contribution in [2.24, 2.45) is 5.92 Å². The Labute approximate surface area is 181 Å². The van der Waals surface area contributed by atoms with Gasteiger partial charge in [0.2, 0.25) is 11.8 Å². The Bertz CT molecular complexity index is 938. The van der Waals surface area contributed by atoms with Crippen LogP contribution in [0.15, 0.2) is 18.7 Å². The molecule has 2 aromatic rings. The summed E-state index contributed by atoms with van der Waals surface area (Å²) in [6, 6.07) is 2.16. The average Bonchev–Trinajstić information content (AvgIpc) is 2.70. The number of nitrogens with one attached hydrogen (secondary N) is 1. The Hall–Kier alpha value is -2.86. The van der Waals surface area contributed by atoms with Crippen molar-refractivity contribution in [1.29, 1.82) is 5.26 Å². The highest BCUT2D eigenvalue weighted by molar-refractivity contribution is 5.38. The smallest absolute Gasteiger partial charge is 0.223 e. The van der Waals surface area contributed by atoms with E-state index in [0.717, 1.165) is 19.3 Å². The second-order valence-electron chi connectivity index (χ2n) is 9.04. The van der Waals surface area contributed by atoms with Crippen molar-refractivity contribution in [2.45, 2.75) is 70.7 Å². The first-order chi connectivity index (χ1) is 14.6. The van der Waals surface area contributed by atoms with Gasteiger partial charge in [-0.25, -0.2) is 24.3 Å². The number of aromatic nitrogens is 4. The fraction of sp³-hybridized carbons (Fsp3) is 0.591. The zero-order valence-corrected chi connectivity index (χ0v) is 18.2. The van der Waals surface area contributed by atoms with Crippen LogP contribution < -0.4 is 10.1 Å². The molecule has 9 heteroatoms. The molecule has 0 spiro atoms. The number of nitrogens with zero attached hydrogens (tertiary/aromatic N) is 5. The van der Waals surface area contributed by atoms with Gasteiger partial charge in [-0.3, -0.25) is 0 Å². The molecule has 0 aromatic carbocycles. The van der Waals surface area contributed by atoms with Crippen LogP contribution in [0.2, 0.25) is 0 Å². The summed E-state index contributed by atoms with van der Waals surface area (Å²) in [5, 5.41) is 22.9. The number of ether oxygens (including phenoxy) is 1. The summed E-state index contributed by atoms with van der Waals surface area (Å²) in [5.74, 6) is 0.939. The number of alkyl halides is 1. The number of hydrogen-bond acceptors (Lipinski definition) is 8. The number of nitriles is 1. The number of aliphatic hydroxyl groups is 1. The zero-order valence-electron chi connectivity index (χ0n) is 18.2. The van der Waals surface area contributed by atoms with Crippen LogP contribution in [0, 0.1) is 17.2 Å². The largest absolute Gasteiger partial charge is 0.474 e. The summed E-state index contributed by atoms with van der Waals surface area (Å²) in [4.78, 5) is 16.9. The third-order valence-corrected chi connectivity index (χ3v) is 5.26. The highest BCUT2D eigenvalue weighted by Gasteiger charge is 2.30. The van der Waals surface area contributed by atoms with Crippen molar-refractivity contribution in [2.75, 3.05) is 11.9 Å². The van der Waals surface area contributed by atoms with E-state index in [0.29, 0.717) is 41.5 Å². The van der Waals surface area contributed by atoms with E-state index in [4.69, 9.17) is 4.74 Å². The van der Waals surface area contributed by atoms with E-state index in [9.17, 15) is 14.8 Å². The van der Waals surface area contributed by atoms with Crippen LogP contribution in [0.1, 0.15) is 63.3 Å². The predicted octanol–water partition coefficient (Wildman–Crippen LogP) is 3.36. The number of halogens is 1. The third kappa shape index (κ3) is 6.82. The molecule has 0 saturated heterocycles. The Morgan fingerprint density at radius 1 is 1.39 bits per heavy atom. The fourth-order valence-corrected chi connectivity index (χ4v) is 3.81. The van der Waals surface area contributed by atoms with Gasteiger partial charge >= 0.3 is 0 Å². The first-order valence-corrected chi connectivity index (χ1v) is 10.5. The van der Waals surface area contributed by atoms with Gasteiger partial charge in [0.25, 0.3) is 0 Å². The van der Waals surface area contributed by atoms with Crippen molar-refractivity contribution in [3.63, 3.8) is 0 Å². The molecule has 1 unspecified atom stereocenters. The molecule has 0 radical (unpaired) electrons. The summed E-state index contributed by atoms with van der Waals surface area (Å²) >= 11 is 0. The summed E-state index contributed by atoms with van der Waals surface area (Å²) in [5.41, 5.74) is -0.396. The lowest BCUT2D eigenvalue weighted by Crippen LogP contribution is -2.32. The quantitative estimate of drug-likeness (QED) is 0.657. The molecule has 0 aliphatic heterocycles. The lowest BCUT2D eigenvalue weighted by molar-refractivity contribution is 0.00107. The molecule has 1 aliphatic rings. The van der Waals surface area contributed by atoms with Gasteiger partial charge in [0, 0.05) is 12.7 Å². The monoisotopic (exact) mass is 428 g/mol. The molecule has 1 aliphatic carbocycles. The topological polar surface area (TPSA) is 117 Å². The minimum absolute atomic E-state index is 0.125. The van der Waals surface area contributed by atoms with Crippen LogP contribution in [0.5, 0.6) is 5.88 Å². The molecule has 3 rings (SSSR count). The van der Waals surface area contributed by atoms with Crippen LogP contribution in [-0.4, -0.2) is 42.9 Å². The lowest BCUT2D eigenvalue weighted by Gasteiger charge is -2.33. The van der Waals surface area contributed by atoms with E-state index in [1.54, 1.807) is 6.20 Å². The predicted molar refractivity (Wildman–Crippen MR) is 113 cm³/mol. The molecule has 31 heavy (non-hydrogen) atoms. The fourth-order valence-electron chi connectivity index (χ4n) is 3.81. The second-order valence-corrected chi connectivity index (χ2v) is 9.04. The SMILES string of the molecule is CC(C)(F)COc1ncncc1CNc1ncc(C#N)c(C[C@@H]2CCCC(C)(O)C2)n1. The van der Waals surface area contributed by atoms with Gasteiger partial charge in [0.05, 0.1) is 28.6 Å². The van der Waals surface area contributed by atoms with Crippen molar-refractivity contribution in [3.8, 4) is 11.9 Å². The van der Waals surface area contributed by atoms with Crippen molar-refractivity contribution >= 4 is 5.95 Å². The van der Waals surface area contributed by atoms with E-state index in [-0.39, 0.29) is 19.1 Å². The van der Waals surface area contributed by atoms with E-state index in [1.807, 2.05) is 6.92 Å². The number of anilines is 1. The van der Waals surface area contributed by atoms with Crippen molar-refractivity contribution in [1.82, 2.24) is 19.9 Å². The number of hydrogen-bond donors (Lipinski definition) is 2. The molecule has 0 bridgehead atoms. The van der Waals surface area contributed by atoms with Crippen LogP contribution in [0.3, 0.4) is 0 Å². The van der Waals surface area contributed by atoms with Gasteiger partial charge in [0.15, 0.2) is 0 Å². The zero-order chi connectivity index (χ0) is 22.5. The maximum Gasteiger partial charge on any atom is 0.223 e. The van der Waals surface area contributed by atoms with Gasteiger partial charge in [-0.1, -0.05) is 6.42 Å². The van der Waals surface area contributed by atoms with E-state index < -0.39 is 11.3 Å². The highest BCUT2D eigenvalue weighted by atomic mass is 19.1. The van der Waals surface area contributed by atoms with Gasteiger partial charge < -0.3 is 15.2 Å². The maximum absolute atomic E-state index is 13.8. The lowest BCUT2D eigenvalue weighted by atomic mass is 9.77. The first-order valence-electron chi connectivity index (χ1n) is 10.5. The minimum Gasteiger partial charge on any atom is -0.474 e. The Morgan fingerprint density at radius 2 is 2.19 bits per heavy atom. The Morgan fingerprint density at radius 3 is 2.90 bits per heavy atom. The van der Waals surface area contributed by atoms with E-state index in [2.05, 4.69) is 31.3 Å². The summed E-state index contributed by atoms with van der Waals surface area (Å²) in [6.07, 6.45) is 8.52. The molecule has 1 saturated carbocycles. The molecule has 2 aromatic heterocycles. The molecule has 166 valence electrons. The van der Waals surface area contributed by atoms with E-state index in [1.165, 1.54) is 26.4 Å². The summed E-state index contributed by atoms with van der Waals surface area (Å²) in [7, 11) is 0. The van der Waals surface area contributed by atoms with E-state index >= 15 is 0 Å². The average molecular weight is 429 g/mol. The van der Waals surface area contributed by atoms with Crippen molar-refractivity contribution < 1.29 is 14.2 Å². The molecular formula is C22H29FN6O2. The Balaban J connectivity index is 1.69. The van der Waals surface area contributed by atoms with Crippen LogP contribution in [0.25, 0.3) is 0 Å².